The highest BCUT2D eigenvalue weighted by Gasteiger charge is 2.16. The van der Waals surface area contributed by atoms with E-state index >= 15 is 0 Å². The van der Waals surface area contributed by atoms with Gasteiger partial charge in [-0.1, -0.05) is 34.1 Å². The average molecular weight is 327 g/mol. The van der Waals surface area contributed by atoms with Crippen LogP contribution in [0.25, 0.3) is 0 Å². The van der Waals surface area contributed by atoms with Crippen molar-refractivity contribution < 1.29 is 18.3 Å². The Balaban J connectivity index is 2.08. The van der Waals surface area contributed by atoms with Crippen LogP contribution in [0.15, 0.2) is 46.9 Å². The Morgan fingerprint density at radius 2 is 1.89 bits per heavy atom. The van der Waals surface area contributed by atoms with Crippen LogP contribution >= 0.6 is 15.9 Å². The molecule has 0 aliphatic carbocycles. The van der Waals surface area contributed by atoms with E-state index in [2.05, 4.69) is 15.9 Å². The molecule has 2 aromatic carbocycles. The second kappa shape index (κ2) is 5.93. The number of halogens is 3. The highest BCUT2D eigenvalue weighted by Crippen LogP contribution is 2.15. The molecule has 0 aliphatic heterocycles. The summed E-state index contributed by atoms with van der Waals surface area (Å²) in [6.07, 6.45) is 0. The number of hydrogen-bond acceptors (Lipinski definition) is 2. The van der Waals surface area contributed by atoms with Gasteiger partial charge in [0.05, 0.1) is 5.56 Å². The molecule has 0 bridgehead atoms. The molecule has 98 valence electrons. The Morgan fingerprint density at radius 1 is 1.16 bits per heavy atom. The lowest BCUT2D eigenvalue weighted by atomic mass is 10.2. The average Bonchev–Trinajstić information content (AvgIpc) is 2.39. The lowest BCUT2D eigenvalue weighted by Crippen LogP contribution is -2.08. The Morgan fingerprint density at radius 3 is 2.63 bits per heavy atom. The number of hydrogen-bond donors (Lipinski definition) is 0. The molecule has 0 amide bonds. The maximum absolute atomic E-state index is 13.4. The third-order valence-corrected chi connectivity index (χ3v) is 2.92. The highest BCUT2D eigenvalue weighted by molar-refractivity contribution is 9.10. The number of rotatable bonds is 3. The molecule has 2 nitrogen and oxygen atoms in total. The predicted molar refractivity (Wildman–Crippen MR) is 69.6 cm³/mol. The summed E-state index contributed by atoms with van der Waals surface area (Å²) in [7, 11) is 0. The summed E-state index contributed by atoms with van der Waals surface area (Å²) in [5, 5.41) is 0. The molecule has 0 radical (unpaired) electrons. The van der Waals surface area contributed by atoms with Crippen molar-refractivity contribution in [1.29, 1.82) is 0 Å². The Kier molecular flexibility index (Phi) is 4.27. The molecule has 0 saturated heterocycles. The highest BCUT2D eigenvalue weighted by atomic mass is 79.9. The van der Waals surface area contributed by atoms with E-state index in [1.54, 1.807) is 18.2 Å². The van der Waals surface area contributed by atoms with Crippen molar-refractivity contribution in [3.8, 4) is 0 Å². The SMILES string of the molecule is O=C(OCc1cccc(Br)c1)c1cccc(F)c1F. The number of carbonyl (C=O) groups is 1. The van der Waals surface area contributed by atoms with Gasteiger partial charge in [-0.15, -0.1) is 0 Å². The summed E-state index contributed by atoms with van der Waals surface area (Å²) in [6, 6.07) is 10.5. The van der Waals surface area contributed by atoms with Gasteiger partial charge in [-0.05, 0) is 29.8 Å². The fourth-order valence-corrected chi connectivity index (χ4v) is 1.96. The van der Waals surface area contributed by atoms with Crippen LogP contribution in [0.2, 0.25) is 0 Å². The first kappa shape index (κ1) is 13.7. The third-order valence-electron chi connectivity index (χ3n) is 2.43. The quantitative estimate of drug-likeness (QED) is 0.794. The van der Waals surface area contributed by atoms with Gasteiger partial charge in [-0.2, -0.15) is 0 Å². The normalized spacial score (nSPS) is 10.3. The largest absolute Gasteiger partial charge is 0.457 e. The van der Waals surface area contributed by atoms with Crippen LogP contribution < -0.4 is 0 Å². The predicted octanol–water partition coefficient (Wildman–Crippen LogP) is 4.08. The number of carbonyl (C=O) groups excluding carboxylic acids is 1. The van der Waals surface area contributed by atoms with Gasteiger partial charge in [0.2, 0.25) is 0 Å². The van der Waals surface area contributed by atoms with Gasteiger partial charge in [0.25, 0.3) is 0 Å². The van der Waals surface area contributed by atoms with Crippen molar-refractivity contribution in [2.45, 2.75) is 6.61 Å². The molecule has 0 heterocycles. The van der Waals surface area contributed by atoms with Crippen molar-refractivity contribution in [2.75, 3.05) is 0 Å². The standard InChI is InChI=1S/C14H9BrF2O2/c15-10-4-1-3-9(7-10)8-19-14(18)11-5-2-6-12(16)13(11)17/h1-7H,8H2. The Labute approximate surface area is 117 Å². The minimum atomic E-state index is -1.19. The fourth-order valence-electron chi connectivity index (χ4n) is 1.51. The summed E-state index contributed by atoms with van der Waals surface area (Å²) in [5.41, 5.74) is 0.342. The molecule has 19 heavy (non-hydrogen) atoms. The lowest BCUT2D eigenvalue weighted by Gasteiger charge is -2.06. The molecule has 0 aromatic heterocycles. The zero-order chi connectivity index (χ0) is 13.8. The molecule has 5 heteroatoms. The van der Waals surface area contributed by atoms with Crippen LogP contribution in [-0.2, 0) is 11.3 Å². The minimum Gasteiger partial charge on any atom is -0.457 e. The van der Waals surface area contributed by atoms with E-state index < -0.39 is 23.2 Å². The van der Waals surface area contributed by atoms with Gasteiger partial charge in [0.1, 0.15) is 6.61 Å². The van der Waals surface area contributed by atoms with Crippen molar-refractivity contribution in [3.05, 3.63) is 69.7 Å². The van der Waals surface area contributed by atoms with E-state index in [1.165, 1.54) is 12.1 Å². The molecule has 0 atom stereocenters. The van der Waals surface area contributed by atoms with Crippen molar-refractivity contribution in [3.63, 3.8) is 0 Å². The number of esters is 1. The second-order valence-corrected chi connectivity index (χ2v) is 4.72. The van der Waals surface area contributed by atoms with Gasteiger partial charge in [0, 0.05) is 4.47 Å². The molecule has 2 rings (SSSR count). The van der Waals surface area contributed by atoms with E-state index in [-0.39, 0.29) is 6.61 Å². The summed E-state index contributed by atoms with van der Waals surface area (Å²) in [6.45, 7) is -0.00573. The van der Waals surface area contributed by atoms with Gasteiger partial charge in [0.15, 0.2) is 11.6 Å². The summed E-state index contributed by atoms with van der Waals surface area (Å²) in [5.74, 6) is -3.16. The lowest BCUT2D eigenvalue weighted by molar-refractivity contribution is 0.0466. The molecule has 0 spiro atoms. The third kappa shape index (κ3) is 3.38. The van der Waals surface area contributed by atoms with Crippen LogP contribution in [0.5, 0.6) is 0 Å². The first-order valence-electron chi connectivity index (χ1n) is 5.43. The van der Waals surface area contributed by atoms with Crippen molar-refractivity contribution >= 4 is 21.9 Å². The van der Waals surface area contributed by atoms with Crippen LogP contribution in [0.4, 0.5) is 8.78 Å². The maximum Gasteiger partial charge on any atom is 0.341 e. The van der Waals surface area contributed by atoms with Crippen molar-refractivity contribution in [1.82, 2.24) is 0 Å². The van der Waals surface area contributed by atoms with E-state index in [0.717, 1.165) is 16.1 Å². The Hall–Kier alpha value is -1.75. The minimum absolute atomic E-state index is 0.00573. The van der Waals surface area contributed by atoms with Crippen LogP contribution in [0.1, 0.15) is 15.9 Å². The van der Waals surface area contributed by atoms with E-state index in [0.29, 0.717) is 0 Å². The van der Waals surface area contributed by atoms with E-state index in [9.17, 15) is 13.6 Å². The first-order valence-corrected chi connectivity index (χ1v) is 6.23. The molecule has 0 aliphatic rings. The van der Waals surface area contributed by atoms with Gasteiger partial charge in [-0.25, -0.2) is 13.6 Å². The maximum atomic E-state index is 13.4. The first-order chi connectivity index (χ1) is 9.08. The molecule has 0 saturated carbocycles. The fraction of sp³-hybridized carbons (Fsp3) is 0.0714. The second-order valence-electron chi connectivity index (χ2n) is 3.81. The van der Waals surface area contributed by atoms with Gasteiger partial charge < -0.3 is 4.74 Å². The molecular weight excluding hydrogens is 318 g/mol. The molecule has 2 aromatic rings. The molecular formula is C14H9BrF2O2. The molecule has 0 N–H and O–H groups in total. The van der Waals surface area contributed by atoms with Crippen molar-refractivity contribution in [2.24, 2.45) is 0 Å². The number of ether oxygens (including phenoxy) is 1. The summed E-state index contributed by atoms with van der Waals surface area (Å²) < 4.78 is 32.1. The van der Waals surface area contributed by atoms with Gasteiger partial charge >= 0.3 is 5.97 Å². The number of benzene rings is 2. The van der Waals surface area contributed by atoms with Crippen LogP contribution in [-0.4, -0.2) is 5.97 Å². The topological polar surface area (TPSA) is 26.3 Å². The van der Waals surface area contributed by atoms with E-state index in [1.807, 2.05) is 6.07 Å². The Bertz CT molecular complexity index is 614. The zero-order valence-corrected chi connectivity index (χ0v) is 11.3. The monoisotopic (exact) mass is 326 g/mol. The molecule has 0 unspecified atom stereocenters. The molecule has 0 fully saturated rings. The van der Waals surface area contributed by atoms with Crippen LogP contribution in [0.3, 0.4) is 0 Å². The van der Waals surface area contributed by atoms with E-state index in [4.69, 9.17) is 4.74 Å². The van der Waals surface area contributed by atoms with Crippen LogP contribution in [0, 0.1) is 11.6 Å². The zero-order valence-electron chi connectivity index (χ0n) is 9.70. The summed E-state index contributed by atoms with van der Waals surface area (Å²) in [4.78, 5) is 11.6. The van der Waals surface area contributed by atoms with Gasteiger partial charge in [-0.3, -0.25) is 0 Å². The smallest absolute Gasteiger partial charge is 0.341 e. The summed E-state index contributed by atoms with van der Waals surface area (Å²) >= 11 is 3.29.